The lowest BCUT2D eigenvalue weighted by Crippen LogP contribution is -1.89. The highest BCUT2D eigenvalue weighted by molar-refractivity contribution is 5.10. The van der Waals surface area contributed by atoms with E-state index in [2.05, 4.69) is 4.98 Å². The fraction of sp³-hybridized carbons (Fsp3) is 0.167. The number of halogens is 2. The summed E-state index contributed by atoms with van der Waals surface area (Å²) in [5, 5.41) is 0. The Morgan fingerprint density at radius 3 is 2.00 bits per heavy atom. The molecular weight excluding hydrogens is 124 g/mol. The molecular formula is C6H3F2N. The molecule has 46 valence electrons. The average molecular weight is 127 g/mol. The fourth-order valence-electron chi connectivity index (χ4n) is 0.390. The molecule has 0 aromatic carbocycles. The van der Waals surface area contributed by atoms with E-state index in [1.54, 1.807) is 0 Å². The third kappa shape index (κ3) is 1.04. The SMILES string of the molecule is Cc1c(F)[c]n[c]c1F. The van der Waals surface area contributed by atoms with Crippen LogP contribution in [0.2, 0.25) is 0 Å². The van der Waals surface area contributed by atoms with Gasteiger partial charge in [-0.15, -0.1) is 0 Å². The Balaban J connectivity index is 3.25. The van der Waals surface area contributed by atoms with Crippen molar-refractivity contribution in [3.8, 4) is 0 Å². The number of pyridine rings is 1. The van der Waals surface area contributed by atoms with Crippen LogP contribution in [0.4, 0.5) is 8.78 Å². The van der Waals surface area contributed by atoms with Crippen molar-refractivity contribution in [2.75, 3.05) is 0 Å². The van der Waals surface area contributed by atoms with Gasteiger partial charge in [0.15, 0.2) is 11.6 Å². The summed E-state index contributed by atoms with van der Waals surface area (Å²) in [7, 11) is 0. The Morgan fingerprint density at radius 1 is 1.22 bits per heavy atom. The van der Waals surface area contributed by atoms with Gasteiger partial charge in [-0.05, 0) is 6.92 Å². The maximum atomic E-state index is 12.2. The molecule has 0 aliphatic carbocycles. The van der Waals surface area contributed by atoms with Crippen LogP contribution < -0.4 is 0 Å². The van der Waals surface area contributed by atoms with E-state index in [4.69, 9.17) is 0 Å². The first kappa shape index (κ1) is 6.13. The highest BCUT2D eigenvalue weighted by atomic mass is 19.1. The van der Waals surface area contributed by atoms with Gasteiger partial charge in [-0.1, -0.05) is 0 Å². The molecule has 3 heteroatoms. The Bertz CT molecular complexity index is 202. The van der Waals surface area contributed by atoms with E-state index in [-0.39, 0.29) is 5.56 Å². The summed E-state index contributed by atoms with van der Waals surface area (Å²) >= 11 is 0. The average Bonchev–Trinajstić information content (AvgIpc) is 1.83. The quantitative estimate of drug-likeness (QED) is 0.511. The van der Waals surface area contributed by atoms with E-state index in [0.717, 1.165) is 0 Å². The number of hydrogen-bond acceptors (Lipinski definition) is 1. The number of rotatable bonds is 0. The minimum absolute atomic E-state index is 0.0926. The largest absolute Gasteiger partial charge is 0.238 e. The Hall–Kier alpha value is -0.990. The van der Waals surface area contributed by atoms with Crippen molar-refractivity contribution < 1.29 is 8.78 Å². The maximum absolute atomic E-state index is 12.2. The minimum atomic E-state index is -0.758. The van der Waals surface area contributed by atoms with Crippen molar-refractivity contribution in [2.45, 2.75) is 6.92 Å². The van der Waals surface area contributed by atoms with E-state index in [0.29, 0.717) is 0 Å². The van der Waals surface area contributed by atoms with Crippen molar-refractivity contribution in [3.05, 3.63) is 29.6 Å². The van der Waals surface area contributed by atoms with E-state index >= 15 is 0 Å². The van der Waals surface area contributed by atoms with Crippen molar-refractivity contribution in [3.63, 3.8) is 0 Å². The lowest BCUT2D eigenvalue weighted by Gasteiger charge is -1.91. The molecule has 0 spiro atoms. The maximum Gasteiger partial charge on any atom is 0.157 e. The highest BCUT2D eigenvalue weighted by Crippen LogP contribution is 2.05. The van der Waals surface area contributed by atoms with Crippen molar-refractivity contribution >= 4 is 0 Å². The van der Waals surface area contributed by atoms with Gasteiger partial charge in [-0.2, -0.15) is 0 Å². The van der Waals surface area contributed by atoms with Gasteiger partial charge >= 0.3 is 0 Å². The second-order valence-corrected chi connectivity index (χ2v) is 1.59. The number of hydrogen-bond donors (Lipinski definition) is 0. The molecule has 0 fully saturated rings. The van der Waals surface area contributed by atoms with Crippen LogP contribution >= 0.6 is 0 Å². The smallest absolute Gasteiger partial charge is 0.157 e. The highest BCUT2D eigenvalue weighted by Gasteiger charge is 2.02. The molecule has 1 heterocycles. The van der Waals surface area contributed by atoms with Crippen LogP contribution in [0.25, 0.3) is 0 Å². The monoisotopic (exact) mass is 127 g/mol. The topological polar surface area (TPSA) is 12.9 Å². The first-order chi connectivity index (χ1) is 4.22. The summed E-state index contributed by atoms with van der Waals surface area (Å²) < 4.78 is 24.4. The molecule has 9 heavy (non-hydrogen) atoms. The molecule has 0 saturated carbocycles. The molecule has 1 nitrogen and oxygen atoms in total. The second kappa shape index (κ2) is 2.09. The van der Waals surface area contributed by atoms with Gasteiger partial charge in [0.1, 0.15) is 12.4 Å². The van der Waals surface area contributed by atoms with Gasteiger partial charge in [0, 0.05) is 5.56 Å². The van der Waals surface area contributed by atoms with Gasteiger partial charge in [0.25, 0.3) is 0 Å². The van der Waals surface area contributed by atoms with Crippen LogP contribution in [-0.2, 0) is 0 Å². The third-order valence-corrected chi connectivity index (χ3v) is 0.967. The zero-order chi connectivity index (χ0) is 6.85. The lowest BCUT2D eigenvalue weighted by molar-refractivity contribution is 0.554. The number of nitrogens with zero attached hydrogens (tertiary/aromatic N) is 1. The molecule has 2 radical (unpaired) electrons. The molecule has 0 aliphatic heterocycles. The van der Waals surface area contributed by atoms with Crippen molar-refractivity contribution in [1.82, 2.24) is 4.98 Å². The zero-order valence-electron chi connectivity index (χ0n) is 4.70. The second-order valence-electron chi connectivity index (χ2n) is 1.59. The van der Waals surface area contributed by atoms with Crippen LogP contribution in [0.1, 0.15) is 5.56 Å². The van der Waals surface area contributed by atoms with Crippen LogP contribution in [0.5, 0.6) is 0 Å². The predicted octanol–water partition coefficient (Wildman–Crippen LogP) is 1.27. The molecule has 0 saturated heterocycles. The van der Waals surface area contributed by atoms with Crippen LogP contribution in [0, 0.1) is 31.0 Å². The Kier molecular flexibility index (Phi) is 1.42. The predicted molar refractivity (Wildman–Crippen MR) is 26.6 cm³/mol. The summed E-state index contributed by atoms with van der Waals surface area (Å²) in [5.41, 5.74) is -0.0926. The van der Waals surface area contributed by atoms with E-state index < -0.39 is 11.6 Å². The van der Waals surface area contributed by atoms with E-state index in [1.165, 1.54) is 6.92 Å². The number of aromatic nitrogens is 1. The van der Waals surface area contributed by atoms with Gasteiger partial charge in [-0.25, -0.2) is 13.8 Å². The third-order valence-electron chi connectivity index (χ3n) is 0.967. The molecule has 1 aromatic rings. The van der Waals surface area contributed by atoms with Gasteiger partial charge in [-0.3, -0.25) is 0 Å². The zero-order valence-corrected chi connectivity index (χ0v) is 4.70. The normalized spacial score (nSPS) is 9.67. The van der Waals surface area contributed by atoms with Crippen LogP contribution in [-0.4, -0.2) is 4.98 Å². The summed E-state index contributed by atoms with van der Waals surface area (Å²) in [6.07, 6.45) is 3.86. The molecule has 0 aliphatic rings. The summed E-state index contributed by atoms with van der Waals surface area (Å²) in [5.74, 6) is -1.52. The molecule has 0 atom stereocenters. The summed E-state index contributed by atoms with van der Waals surface area (Å²) in [6.45, 7) is 1.30. The van der Waals surface area contributed by atoms with Crippen LogP contribution in [0.3, 0.4) is 0 Å². The Labute approximate surface area is 51.3 Å². The van der Waals surface area contributed by atoms with E-state index in [9.17, 15) is 8.78 Å². The first-order valence-corrected chi connectivity index (χ1v) is 2.33. The van der Waals surface area contributed by atoms with Crippen molar-refractivity contribution in [2.24, 2.45) is 0 Å². The molecule has 1 aromatic heterocycles. The van der Waals surface area contributed by atoms with Gasteiger partial charge < -0.3 is 0 Å². The minimum Gasteiger partial charge on any atom is -0.238 e. The summed E-state index contributed by atoms with van der Waals surface area (Å²) in [6, 6.07) is 0. The standard InChI is InChI=1S/C6H3F2N/c1-4-5(7)2-9-3-6(4)8/h1H3. The molecule has 0 bridgehead atoms. The van der Waals surface area contributed by atoms with Crippen molar-refractivity contribution in [1.29, 1.82) is 0 Å². The van der Waals surface area contributed by atoms with Crippen LogP contribution in [0.15, 0.2) is 0 Å². The molecule has 0 amide bonds. The van der Waals surface area contributed by atoms with E-state index in [1.807, 2.05) is 12.4 Å². The molecule has 1 rings (SSSR count). The summed E-state index contributed by atoms with van der Waals surface area (Å²) in [4.78, 5) is 3.04. The van der Waals surface area contributed by atoms with Gasteiger partial charge in [0.2, 0.25) is 0 Å². The fourth-order valence-corrected chi connectivity index (χ4v) is 0.390. The molecule has 0 unspecified atom stereocenters. The first-order valence-electron chi connectivity index (χ1n) is 2.33. The lowest BCUT2D eigenvalue weighted by atomic mass is 10.3. The molecule has 0 N–H and O–H groups in total. The van der Waals surface area contributed by atoms with Gasteiger partial charge in [0.05, 0.1) is 0 Å². The Morgan fingerprint density at radius 2 is 1.67 bits per heavy atom.